The number of amides is 1. The van der Waals surface area contributed by atoms with E-state index in [1.165, 1.54) is 0 Å². The predicted molar refractivity (Wildman–Crippen MR) is 82.4 cm³/mol. The molecular weight excluding hydrogens is 272 g/mol. The van der Waals surface area contributed by atoms with Crippen LogP contribution in [0.2, 0.25) is 0 Å². The minimum atomic E-state index is -0.0151. The maximum atomic E-state index is 11.7. The van der Waals surface area contributed by atoms with Gasteiger partial charge in [0.15, 0.2) is 5.96 Å². The SMILES string of the molecule is COCCNC(=NCC(=O)N(C)C)N(C)CC1CCOC1. The van der Waals surface area contributed by atoms with E-state index < -0.39 is 0 Å². The monoisotopic (exact) mass is 300 g/mol. The normalized spacial score (nSPS) is 18.7. The number of ether oxygens (including phenoxy) is 2. The Morgan fingerprint density at radius 1 is 1.43 bits per heavy atom. The van der Waals surface area contributed by atoms with Crippen LogP contribution in [0.5, 0.6) is 0 Å². The first-order valence-corrected chi connectivity index (χ1v) is 7.31. The highest BCUT2D eigenvalue weighted by atomic mass is 16.5. The average Bonchev–Trinajstić information content (AvgIpc) is 2.94. The topological polar surface area (TPSA) is 66.4 Å². The summed E-state index contributed by atoms with van der Waals surface area (Å²) in [5.74, 6) is 1.24. The molecule has 1 aliphatic heterocycles. The van der Waals surface area contributed by atoms with E-state index in [9.17, 15) is 4.79 Å². The molecule has 1 aliphatic rings. The van der Waals surface area contributed by atoms with E-state index in [0.29, 0.717) is 19.1 Å². The van der Waals surface area contributed by atoms with Gasteiger partial charge >= 0.3 is 0 Å². The van der Waals surface area contributed by atoms with Crippen molar-refractivity contribution in [1.82, 2.24) is 15.1 Å². The number of aliphatic imine (C=N–C) groups is 1. The number of methoxy groups -OCH3 is 1. The molecule has 0 aliphatic carbocycles. The van der Waals surface area contributed by atoms with Crippen molar-refractivity contribution in [2.75, 3.05) is 67.7 Å². The molecule has 0 bridgehead atoms. The number of rotatable bonds is 7. The van der Waals surface area contributed by atoms with Gasteiger partial charge in [0, 0.05) is 53.9 Å². The molecule has 1 heterocycles. The molecule has 7 nitrogen and oxygen atoms in total. The number of hydrogen-bond donors (Lipinski definition) is 1. The molecule has 1 saturated heterocycles. The molecule has 7 heteroatoms. The molecule has 122 valence electrons. The summed E-state index contributed by atoms with van der Waals surface area (Å²) >= 11 is 0. The van der Waals surface area contributed by atoms with Crippen LogP contribution in [-0.2, 0) is 14.3 Å². The number of likely N-dealkylation sites (N-methyl/N-ethyl adjacent to an activating group) is 1. The van der Waals surface area contributed by atoms with Crippen molar-refractivity contribution in [3.63, 3.8) is 0 Å². The van der Waals surface area contributed by atoms with E-state index in [1.807, 2.05) is 7.05 Å². The summed E-state index contributed by atoms with van der Waals surface area (Å²) in [5, 5.41) is 3.23. The van der Waals surface area contributed by atoms with Crippen molar-refractivity contribution in [3.05, 3.63) is 0 Å². The second kappa shape index (κ2) is 9.57. The second-order valence-electron chi connectivity index (χ2n) is 5.46. The Balaban J connectivity index is 2.56. The number of nitrogens with one attached hydrogen (secondary N) is 1. The maximum absolute atomic E-state index is 11.7. The Morgan fingerprint density at radius 3 is 2.76 bits per heavy atom. The zero-order chi connectivity index (χ0) is 15.7. The number of hydrogen-bond acceptors (Lipinski definition) is 4. The van der Waals surface area contributed by atoms with Crippen LogP contribution < -0.4 is 5.32 Å². The highest BCUT2D eigenvalue weighted by Crippen LogP contribution is 2.13. The molecule has 0 spiro atoms. The molecule has 1 fully saturated rings. The lowest BCUT2D eigenvalue weighted by molar-refractivity contribution is -0.127. The third kappa shape index (κ3) is 6.77. The molecule has 0 radical (unpaired) electrons. The lowest BCUT2D eigenvalue weighted by atomic mass is 10.1. The van der Waals surface area contributed by atoms with E-state index in [4.69, 9.17) is 9.47 Å². The number of carbonyl (C=O) groups excluding carboxylic acids is 1. The molecule has 1 rings (SSSR count). The highest BCUT2D eigenvalue weighted by Gasteiger charge is 2.19. The van der Waals surface area contributed by atoms with Crippen LogP contribution in [0.4, 0.5) is 0 Å². The van der Waals surface area contributed by atoms with Crippen molar-refractivity contribution in [1.29, 1.82) is 0 Å². The molecule has 1 amide bonds. The van der Waals surface area contributed by atoms with E-state index in [1.54, 1.807) is 26.1 Å². The first-order chi connectivity index (χ1) is 10.0. The van der Waals surface area contributed by atoms with Gasteiger partial charge in [0.25, 0.3) is 0 Å². The minimum Gasteiger partial charge on any atom is -0.383 e. The Kier molecular flexibility index (Phi) is 8.07. The fourth-order valence-electron chi connectivity index (χ4n) is 2.06. The van der Waals surface area contributed by atoms with Crippen molar-refractivity contribution >= 4 is 11.9 Å². The van der Waals surface area contributed by atoms with Crippen LogP contribution in [0.3, 0.4) is 0 Å². The highest BCUT2D eigenvalue weighted by molar-refractivity contribution is 5.84. The van der Waals surface area contributed by atoms with Gasteiger partial charge in [-0.2, -0.15) is 0 Å². The molecule has 0 aromatic rings. The summed E-state index contributed by atoms with van der Waals surface area (Å²) < 4.78 is 10.4. The van der Waals surface area contributed by atoms with Gasteiger partial charge in [0.2, 0.25) is 5.91 Å². The lowest BCUT2D eigenvalue weighted by Crippen LogP contribution is -2.43. The average molecular weight is 300 g/mol. The van der Waals surface area contributed by atoms with E-state index in [-0.39, 0.29) is 12.5 Å². The van der Waals surface area contributed by atoms with Crippen molar-refractivity contribution in [3.8, 4) is 0 Å². The summed E-state index contributed by atoms with van der Waals surface area (Å²) in [7, 11) is 7.11. The maximum Gasteiger partial charge on any atom is 0.243 e. The zero-order valence-electron chi connectivity index (χ0n) is 13.6. The third-order valence-corrected chi connectivity index (χ3v) is 3.37. The summed E-state index contributed by atoms with van der Waals surface area (Å²) in [6, 6.07) is 0. The van der Waals surface area contributed by atoms with E-state index >= 15 is 0 Å². The van der Waals surface area contributed by atoms with Crippen LogP contribution in [-0.4, -0.2) is 89.4 Å². The zero-order valence-corrected chi connectivity index (χ0v) is 13.6. The first kappa shape index (κ1) is 17.7. The quantitative estimate of drug-likeness (QED) is 0.395. The lowest BCUT2D eigenvalue weighted by Gasteiger charge is -2.25. The molecule has 0 aromatic heterocycles. The molecule has 1 unspecified atom stereocenters. The number of carbonyl (C=O) groups is 1. The molecule has 1 atom stereocenters. The van der Waals surface area contributed by atoms with Gasteiger partial charge in [0.05, 0.1) is 13.2 Å². The Hall–Kier alpha value is -1.34. The fraction of sp³-hybridized carbons (Fsp3) is 0.857. The van der Waals surface area contributed by atoms with Crippen LogP contribution in [0, 0.1) is 5.92 Å². The van der Waals surface area contributed by atoms with Crippen LogP contribution in [0.15, 0.2) is 4.99 Å². The first-order valence-electron chi connectivity index (χ1n) is 7.31. The third-order valence-electron chi connectivity index (χ3n) is 3.37. The largest absolute Gasteiger partial charge is 0.383 e. The molecule has 21 heavy (non-hydrogen) atoms. The van der Waals surface area contributed by atoms with Gasteiger partial charge in [-0.3, -0.25) is 4.79 Å². The smallest absolute Gasteiger partial charge is 0.243 e. The summed E-state index contributed by atoms with van der Waals surface area (Å²) in [6.07, 6.45) is 1.08. The van der Waals surface area contributed by atoms with Gasteiger partial charge in [-0.25, -0.2) is 4.99 Å². The van der Waals surface area contributed by atoms with Crippen molar-refractivity contribution in [2.24, 2.45) is 10.9 Å². The Morgan fingerprint density at radius 2 is 2.19 bits per heavy atom. The van der Waals surface area contributed by atoms with E-state index in [2.05, 4.69) is 15.2 Å². The van der Waals surface area contributed by atoms with Crippen LogP contribution >= 0.6 is 0 Å². The number of guanidine groups is 1. The van der Waals surface area contributed by atoms with Gasteiger partial charge in [-0.1, -0.05) is 0 Å². The predicted octanol–water partition coefficient (Wildman–Crippen LogP) is -0.365. The minimum absolute atomic E-state index is 0.0151. The summed E-state index contributed by atoms with van der Waals surface area (Å²) in [4.78, 5) is 19.7. The van der Waals surface area contributed by atoms with Gasteiger partial charge in [0.1, 0.15) is 6.54 Å². The standard InChI is InChI=1S/C14H28N4O3/c1-17(2)13(19)9-16-14(15-6-8-20-4)18(3)10-12-5-7-21-11-12/h12H,5-11H2,1-4H3,(H,15,16). The molecule has 0 aromatic carbocycles. The fourth-order valence-corrected chi connectivity index (χ4v) is 2.06. The summed E-state index contributed by atoms with van der Waals surface area (Å²) in [5.41, 5.74) is 0. The Bertz CT molecular complexity index is 341. The Labute approximate surface area is 127 Å². The summed E-state index contributed by atoms with van der Waals surface area (Å²) in [6.45, 7) is 3.91. The van der Waals surface area contributed by atoms with Crippen LogP contribution in [0.1, 0.15) is 6.42 Å². The molecular formula is C14H28N4O3. The molecule has 0 saturated carbocycles. The van der Waals surface area contributed by atoms with Gasteiger partial charge in [-0.05, 0) is 6.42 Å². The molecule has 1 N–H and O–H groups in total. The van der Waals surface area contributed by atoms with Crippen molar-refractivity contribution < 1.29 is 14.3 Å². The number of nitrogens with zero attached hydrogens (tertiary/aromatic N) is 3. The van der Waals surface area contributed by atoms with Crippen LogP contribution in [0.25, 0.3) is 0 Å². The van der Waals surface area contributed by atoms with E-state index in [0.717, 1.165) is 32.1 Å². The van der Waals surface area contributed by atoms with Crippen molar-refractivity contribution in [2.45, 2.75) is 6.42 Å². The van der Waals surface area contributed by atoms with Gasteiger partial charge < -0.3 is 24.6 Å². The second-order valence-corrected chi connectivity index (χ2v) is 5.46. The van der Waals surface area contributed by atoms with Gasteiger partial charge in [-0.15, -0.1) is 0 Å².